The molecule has 1 aliphatic heterocycles. The molecule has 0 atom stereocenters. The van der Waals surface area contributed by atoms with Crippen LogP contribution < -0.4 is 4.90 Å². The van der Waals surface area contributed by atoms with Gasteiger partial charge in [-0.15, -0.1) is 11.3 Å². The molecule has 0 unspecified atom stereocenters. The van der Waals surface area contributed by atoms with E-state index in [1.807, 2.05) is 43.3 Å². The minimum Gasteiger partial charge on any atom is -0.304 e. The number of hydrogen-bond donors (Lipinski definition) is 0. The maximum absolute atomic E-state index is 12.3. The third-order valence-corrected chi connectivity index (χ3v) is 4.55. The summed E-state index contributed by atoms with van der Waals surface area (Å²) in [6, 6.07) is 11.6. The van der Waals surface area contributed by atoms with Gasteiger partial charge in [0, 0.05) is 17.0 Å². The molecule has 102 valence electrons. The van der Waals surface area contributed by atoms with E-state index >= 15 is 0 Å². The smallest absolute Gasteiger partial charge is 0.227 e. The fraction of sp³-hybridized carbons (Fsp3) is 0.250. The predicted molar refractivity (Wildman–Crippen MR) is 80.5 cm³/mol. The Morgan fingerprint density at radius 3 is 2.75 bits per heavy atom. The summed E-state index contributed by atoms with van der Waals surface area (Å²) in [7, 11) is 0. The van der Waals surface area contributed by atoms with Crippen molar-refractivity contribution in [1.29, 1.82) is 0 Å². The fourth-order valence-electron chi connectivity index (χ4n) is 2.48. The first-order valence-electron chi connectivity index (χ1n) is 6.63. The van der Waals surface area contributed by atoms with Crippen molar-refractivity contribution in [3.05, 3.63) is 51.7 Å². The number of benzene rings is 1. The second-order valence-corrected chi connectivity index (χ2v) is 6.23. The first kappa shape index (κ1) is 13.1. The average molecular weight is 285 g/mol. The third-order valence-electron chi connectivity index (χ3n) is 3.51. The lowest BCUT2D eigenvalue weighted by Gasteiger charge is -2.28. The van der Waals surface area contributed by atoms with Gasteiger partial charge in [0.25, 0.3) is 0 Å². The van der Waals surface area contributed by atoms with Crippen molar-refractivity contribution in [2.45, 2.75) is 19.8 Å². The summed E-state index contributed by atoms with van der Waals surface area (Å²) in [5, 5.41) is 0. The van der Waals surface area contributed by atoms with Gasteiger partial charge in [0.15, 0.2) is 5.78 Å². The van der Waals surface area contributed by atoms with Crippen LogP contribution in [0.15, 0.2) is 36.4 Å². The Morgan fingerprint density at radius 1 is 1.20 bits per heavy atom. The number of anilines is 1. The van der Waals surface area contributed by atoms with Crippen LogP contribution in [0.5, 0.6) is 0 Å². The molecule has 0 saturated heterocycles. The number of ketones is 1. The second kappa shape index (κ2) is 5.21. The number of amides is 1. The van der Waals surface area contributed by atoms with E-state index in [1.165, 1.54) is 11.3 Å². The summed E-state index contributed by atoms with van der Waals surface area (Å²) < 4.78 is 0. The molecule has 4 heteroatoms. The molecule has 0 aliphatic carbocycles. The van der Waals surface area contributed by atoms with Crippen LogP contribution in [0.25, 0.3) is 0 Å². The zero-order chi connectivity index (χ0) is 14.1. The molecular formula is C16H15NO2S. The first-order valence-corrected chi connectivity index (χ1v) is 7.45. The van der Waals surface area contributed by atoms with Crippen molar-refractivity contribution in [2.75, 3.05) is 11.4 Å². The molecule has 2 aromatic rings. The number of aryl methyl sites for hydroxylation is 2. The Bertz CT molecular complexity index is 675. The number of thiophene rings is 1. The number of para-hydroxylation sites is 1. The molecule has 1 aromatic carbocycles. The normalized spacial score (nSPS) is 14.2. The largest absolute Gasteiger partial charge is 0.304 e. The molecule has 3 nitrogen and oxygen atoms in total. The van der Waals surface area contributed by atoms with Crippen LogP contribution in [0.4, 0.5) is 5.69 Å². The predicted octanol–water partition coefficient (Wildman–Crippen LogP) is 3.22. The van der Waals surface area contributed by atoms with E-state index in [4.69, 9.17) is 0 Å². The maximum atomic E-state index is 12.3. The SMILES string of the molecule is Cc1ccc(C(=O)CN2C(=O)CCc3ccccc32)s1. The number of fused-ring (bicyclic) bond motifs is 1. The minimum atomic E-state index is 0.00755. The van der Waals surface area contributed by atoms with Gasteiger partial charge in [-0.05, 0) is 37.1 Å². The van der Waals surface area contributed by atoms with Crippen LogP contribution >= 0.6 is 11.3 Å². The molecule has 1 aliphatic rings. The minimum absolute atomic E-state index is 0.00755. The van der Waals surface area contributed by atoms with Crippen LogP contribution in [-0.2, 0) is 11.2 Å². The molecular weight excluding hydrogens is 270 g/mol. The van der Waals surface area contributed by atoms with Crippen molar-refractivity contribution >= 4 is 28.7 Å². The number of hydrogen-bond acceptors (Lipinski definition) is 3. The van der Waals surface area contributed by atoms with Gasteiger partial charge in [0.2, 0.25) is 5.91 Å². The monoisotopic (exact) mass is 285 g/mol. The van der Waals surface area contributed by atoms with Crippen LogP contribution in [0, 0.1) is 6.92 Å². The van der Waals surface area contributed by atoms with E-state index in [-0.39, 0.29) is 18.2 Å². The lowest BCUT2D eigenvalue weighted by atomic mass is 10.0. The van der Waals surface area contributed by atoms with Gasteiger partial charge in [-0.3, -0.25) is 9.59 Å². The van der Waals surface area contributed by atoms with Crippen LogP contribution in [0.3, 0.4) is 0 Å². The summed E-state index contributed by atoms with van der Waals surface area (Å²) >= 11 is 1.48. The number of rotatable bonds is 3. The molecule has 0 bridgehead atoms. The molecule has 0 N–H and O–H groups in total. The topological polar surface area (TPSA) is 37.4 Å². The lowest BCUT2D eigenvalue weighted by Crippen LogP contribution is -2.38. The van der Waals surface area contributed by atoms with Gasteiger partial charge in [0.1, 0.15) is 0 Å². The van der Waals surface area contributed by atoms with Gasteiger partial charge in [-0.1, -0.05) is 18.2 Å². The Morgan fingerprint density at radius 2 is 2.00 bits per heavy atom. The molecule has 0 spiro atoms. The van der Waals surface area contributed by atoms with E-state index in [0.717, 1.165) is 27.4 Å². The highest BCUT2D eigenvalue weighted by molar-refractivity contribution is 7.14. The molecule has 1 amide bonds. The number of carbonyl (C=O) groups excluding carboxylic acids is 2. The van der Waals surface area contributed by atoms with Crippen molar-refractivity contribution in [3.8, 4) is 0 Å². The van der Waals surface area contributed by atoms with E-state index in [1.54, 1.807) is 4.90 Å². The Balaban J connectivity index is 1.87. The Labute approximate surface area is 121 Å². The molecule has 1 aromatic heterocycles. The summed E-state index contributed by atoms with van der Waals surface area (Å²) in [6.07, 6.45) is 1.24. The zero-order valence-corrected chi connectivity index (χ0v) is 12.1. The highest BCUT2D eigenvalue weighted by Crippen LogP contribution is 2.28. The molecule has 0 fully saturated rings. The highest BCUT2D eigenvalue weighted by atomic mass is 32.1. The number of carbonyl (C=O) groups is 2. The number of Topliss-reactive ketones (excluding diaryl/α,β-unsaturated/α-hetero) is 1. The first-order chi connectivity index (χ1) is 9.65. The summed E-state index contributed by atoms with van der Waals surface area (Å²) in [4.78, 5) is 27.9. The third kappa shape index (κ3) is 2.39. The molecule has 3 rings (SSSR count). The zero-order valence-electron chi connectivity index (χ0n) is 11.3. The van der Waals surface area contributed by atoms with Gasteiger partial charge < -0.3 is 4.90 Å². The summed E-state index contributed by atoms with van der Waals surface area (Å²) in [5.41, 5.74) is 2.02. The van der Waals surface area contributed by atoms with E-state index < -0.39 is 0 Å². The van der Waals surface area contributed by atoms with Crippen molar-refractivity contribution in [1.82, 2.24) is 0 Å². The van der Waals surface area contributed by atoms with Gasteiger partial charge >= 0.3 is 0 Å². The van der Waals surface area contributed by atoms with Crippen LogP contribution in [-0.4, -0.2) is 18.2 Å². The maximum Gasteiger partial charge on any atom is 0.227 e. The van der Waals surface area contributed by atoms with Crippen LogP contribution in [0.2, 0.25) is 0 Å². The van der Waals surface area contributed by atoms with Crippen molar-refractivity contribution in [2.24, 2.45) is 0 Å². The molecule has 0 saturated carbocycles. The molecule has 20 heavy (non-hydrogen) atoms. The second-order valence-electron chi connectivity index (χ2n) is 4.94. The summed E-state index contributed by atoms with van der Waals surface area (Å²) in [6.45, 7) is 2.11. The number of nitrogens with zero attached hydrogens (tertiary/aromatic N) is 1. The average Bonchev–Trinajstić information content (AvgIpc) is 2.89. The Hall–Kier alpha value is -1.94. The standard InChI is InChI=1S/C16H15NO2S/c1-11-6-8-15(20-11)14(18)10-17-13-5-3-2-4-12(13)7-9-16(17)19/h2-6,8H,7,9-10H2,1H3. The summed E-state index contributed by atoms with van der Waals surface area (Å²) in [5.74, 6) is 0.0403. The van der Waals surface area contributed by atoms with Gasteiger partial charge in [0.05, 0.1) is 11.4 Å². The van der Waals surface area contributed by atoms with Crippen LogP contribution in [0.1, 0.15) is 26.5 Å². The van der Waals surface area contributed by atoms with Gasteiger partial charge in [-0.2, -0.15) is 0 Å². The molecule has 2 heterocycles. The van der Waals surface area contributed by atoms with Gasteiger partial charge in [-0.25, -0.2) is 0 Å². The molecule has 0 radical (unpaired) electrons. The fourth-order valence-corrected chi connectivity index (χ4v) is 3.27. The van der Waals surface area contributed by atoms with Crippen molar-refractivity contribution in [3.63, 3.8) is 0 Å². The lowest BCUT2D eigenvalue weighted by molar-refractivity contribution is -0.118. The quantitative estimate of drug-likeness (QED) is 0.812. The van der Waals surface area contributed by atoms with E-state index in [9.17, 15) is 9.59 Å². The van der Waals surface area contributed by atoms with E-state index in [0.29, 0.717) is 6.42 Å². The Kier molecular flexibility index (Phi) is 3.40. The van der Waals surface area contributed by atoms with Crippen molar-refractivity contribution < 1.29 is 9.59 Å². The highest BCUT2D eigenvalue weighted by Gasteiger charge is 2.26. The van der Waals surface area contributed by atoms with E-state index in [2.05, 4.69) is 0 Å².